The molecule has 21 heavy (non-hydrogen) atoms. The number of aromatic nitrogens is 2. The zero-order valence-electron chi connectivity index (χ0n) is 12.4. The molecule has 0 saturated heterocycles. The first kappa shape index (κ1) is 13.0. The molecule has 0 radical (unpaired) electrons. The van der Waals surface area contributed by atoms with Crippen LogP contribution in [-0.4, -0.2) is 10.1 Å². The van der Waals surface area contributed by atoms with E-state index in [2.05, 4.69) is 36.3 Å². The second kappa shape index (κ2) is 4.41. The SMILES string of the molecule is Cc1cccc(C2(c3nc(C4(N)CCCC4)no3)CC2)c1. The van der Waals surface area contributed by atoms with Crippen LogP contribution in [0.2, 0.25) is 0 Å². The van der Waals surface area contributed by atoms with Crippen LogP contribution in [0, 0.1) is 6.92 Å². The Morgan fingerprint density at radius 2 is 1.90 bits per heavy atom. The summed E-state index contributed by atoms with van der Waals surface area (Å²) in [5, 5.41) is 4.21. The Bertz CT molecular complexity index is 666. The van der Waals surface area contributed by atoms with Crippen molar-refractivity contribution in [3.63, 3.8) is 0 Å². The molecule has 4 rings (SSSR count). The topological polar surface area (TPSA) is 64.9 Å². The van der Waals surface area contributed by atoms with Crippen LogP contribution in [0.1, 0.15) is 61.4 Å². The highest BCUT2D eigenvalue weighted by molar-refractivity contribution is 5.40. The van der Waals surface area contributed by atoms with Crippen molar-refractivity contribution in [3.05, 3.63) is 47.1 Å². The van der Waals surface area contributed by atoms with E-state index in [1.807, 2.05) is 0 Å². The van der Waals surface area contributed by atoms with E-state index in [9.17, 15) is 0 Å². The van der Waals surface area contributed by atoms with Gasteiger partial charge in [0.25, 0.3) is 0 Å². The minimum Gasteiger partial charge on any atom is -0.338 e. The Balaban J connectivity index is 1.69. The van der Waals surface area contributed by atoms with Gasteiger partial charge >= 0.3 is 0 Å². The number of aryl methyl sites for hydroxylation is 1. The molecule has 2 N–H and O–H groups in total. The van der Waals surface area contributed by atoms with Crippen molar-refractivity contribution < 1.29 is 4.52 Å². The smallest absolute Gasteiger partial charge is 0.237 e. The fourth-order valence-corrected chi connectivity index (χ4v) is 3.54. The van der Waals surface area contributed by atoms with Gasteiger partial charge in [-0.2, -0.15) is 4.98 Å². The van der Waals surface area contributed by atoms with Crippen molar-refractivity contribution in [1.29, 1.82) is 0 Å². The number of hydrogen-bond acceptors (Lipinski definition) is 4. The minimum atomic E-state index is -0.371. The van der Waals surface area contributed by atoms with E-state index in [1.165, 1.54) is 11.1 Å². The number of benzene rings is 1. The molecule has 2 fully saturated rings. The maximum absolute atomic E-state index is 6.44. The van der Waals surface area contributed by atoms with E-state index in [0.29, 0.717) is 5.82 Å². The van der Waals surface area contributed by atoms with Crippen LogP contribution in [-0.2, 0) is 11.0 Å². The zero-order valence-corrected chi connectivity index (χ0v) is 12.4. The van der Waals surface area contributed by atoms with E-state index in [-0.39, 0.29) is 11.0 Å². The number of nitrogens with zero attached hydrogens (tertiary/aromatic N) is 2. The zero-order chi connectivity index (χ0) is 14.5. The lowest BCUT2D eigenvalue weighted by molar-refractivity contribution is 0.337. The second-order valence-electron chi connectivity index (χ2n) is 6.74. The quantitative estimate of drug-likeness (QED) is 0.939. The summed E-state index contributed by atoms with van der Waals surface area (Å²) in [4.78, 5) is 4.70. The predicted molar refractivity (Wildman–Crippen MR) is 79.8 cm³/mol. The van der Waals surface area contributed by atoms with Crippen LogP contribution in [0.4, 0.5) is 0 Å². The van der Waals surface area contributed by atoms with E-state index in [1.54, 1.807) is 0 Å². The molecule has 2 aliphatic rings. The molecule has 1 aromatic carbocycles. The van der Waals surface area contributed by atoms with Crippen LogP contribution in [0.25, 0.3) is 0 Å². The van der Waals surface area contributed by atoms with E-state index >= 15 is 0 Å². The summed E-state index contributed by atoms with van der Waals surface area (Å²) in [7, 11) is 0. The normalized spacial score (nSPS) is 22.4. The van der Waals surface area contributed by atoms with Crippen molar-refractivity contribution in [2.24, 2.45) is 5.73 Å². The molecule has 0 aliphatic heterocycles. The van der Waals surface area contributed by atoms with Gasteiger partial charge in [0.05, 0.1) is 11.0 Å². The molecule has 0 amide bonds. The molecule has 0 atom stereocenters. The summed E-state index contributed by atoms with van der Waals surface area (Å²) in [5.41, 5.74) is 8.56. The highest BCUT2D eigenvalue weighted by atomic mass is 16.5. The third-order valence-electron chi connectivity index (χ3n) is 5.10. The van der Waals surface area contributed by atoms with Crippen LogP contribution in [0.5, 0.6) is 0 Å². The Hall–Kier alpha value is -1.68. The molecule has 4 nitrogen and oxygen atoms in total. The van der Waals surface area contributed by atoms with Gasteiger partial charge in [0, 0.05) is 0 Å². The van der Waals surface area contributed by atoms with Crippen molar-refractivity contribution in [3.8, 4) is 0 Å². The molecule has 1 aromatic heterocycles. The lowest BCUT2D eigenvalue weighted by atomic mass is 9.94. The fourth-order valence-electron chi connectivity index (χ4n) is 3.54. The highest BCUT2D eigenvalue weighted by Gasteiger charge is 2.51. The molecule has 1 heterocycles. The molecular weight excluding hydrogens is 262 g/mol. The molecule has 4 heteroatoms. The number of nitrogens with two attached hydrogens (primary N) is 1. The maximum Gasteiger partial charge on any atom is 0.237 e. The lowest BCUT2D eigenvalue weighted by Crippen LogP contribution is -2.34. The first-order chi connectivity index (χ1) is 10.1. The van der Waals surface area contributed by atoms with Gasteiger partial charge in [0.15, 0.2) is 5.82 Å². The average Bonchev–Trinajstić information content (AvgIpc) is 2.92. The van der Waals surface area contributed by atoms with Crippen LogP contribution in [0.3, 0.4) is 0 Å². The second-order valence-corrected chi connectivity index (χ2v) is 6.74. The van der Waals surface area contributed by atoms with E-state index < -0.39 is 0 Å². The van der Waals surface area contributed by atoms with E-state index in [0.717, 1.165) is 44.4 Å². The third-order valence-corrected chi connectivity index (χ3v) is 5.10. The molecule has 0 unspecified atom stereocenters. The van der Waals surface area contributed by atoms with Gasteiger partial charge in [-0.1, -0.05) is 47.8 Å². The molecule has 110 valence electrons. The summed E-state index contributed by atoms with van der Waals surface area (Å²) in [6.07, 6.45) is 6.39. The van der Waals surface area contributed by atoms with Gasteiger partial charge in [0.2, 0.25) is 5.89 Å². The van der Waals surface area contributed by atoms with Crippen molar-refractivity contribution in [1.82, 2.24) is 10.1 Å². The van der Waals surface area contributed by atoms with E-state index in [4.69, 9.17) is 15.2 Å². The molecule has 2 saturated carbocycles. The predicted octanol–water partition coefficient (Wildman–Crippen LogP) is 3.19. The minimum absolute atomic E-state index is 0.0633. The highest BCUT2D eigenvalue weighted by Crippen LogP contribution is 2.53. The molecule has 0 spiro atoms. The molecular formula is C17H21N3O. The van der Waals surface area contributed by atoms with Gasteiger partial charge in [-0.05, 0) is 38.2 Å². The molecule has 2 aromatic rings. The van der Waals surface area contributed by atoms with Gasteiger partial charge in [0.1, 0.15) is 0 Å². The summed E-state index contributed by atoms with van der Waals surface area (Å²) in [6.45, 7) is 2.12. The summed E-state index contributed by atoms with van der Waals surface area (Å²) >= 11 is 0. The van der Waals surface area contributed by atoms with Crippen LogP contribution in [0.15, 0.2) is 28.8 Å². The van der Waals surface area contributed by atoms with Gasteiger partial charge in [-0.15, -0.1) is 0 Å². The lowest BCUT2D eigenvalue weighted by Gasteiger charge is -2.18. The van der Waals surface area contributed by atoms with Gasteiger partial charge < -0.3 is 10.3 Å². The summed E-state index contributed by atoms with van der Waals surface area (Å²) in [5.74, 6) is 1.45. The average molecular weight is 283 g/mol. The first-order valence-electron chi connectivity index (χ1n) is 7.83. The van der Waals surface area contributed by atoms with Crippen LogP contribution >= 0.6 is 0 Å². The van der Waals surface area contributed by atoms with Crippen molar-refractivity contribution in [2.75, 3.05) is 0 Å². The largest absolute Gasteiger partial charge is 0.338 e. The van der Waals surface area contributed by atoms with Crippen molar-refractivity contribution >= 4 is 0 Å². The Morgan fingerprint density at radius 3 is 2.57 bits per heavy atom. The Labute approximate surface area is 124 Å². The van der Waals surface area contributed by atoms with Crippen molar-refractivity contribution in [2.45, 2.75) is 56.4 Å². The fraction of sp³-hybridized carbons (Fsp3) is 0.529. The number of rotatable bonds is 3. The first-order valence-corrected chi connectivity index (χ1v) is 7.83. The van der Waals surface area contributed by atoms with Gasteiger partial charge in [-0.25, -0.2) is 0 Å². The monoisotopic (exact) mass is 283 g/mol. The maximum atomic E-state index is 6.44. The van der Waals surface area contributed by atoms with Crippen LogP contribution < -0.4 is 5.73 Å². The molecule has 2 aliphatic carbocycles. The summed E-state index contributed by atoms with van der Waals surface area (Å²) < 4.78 is 5.62. The summed E-state index contributed by atoms with van der Waals surface area (Å²) in [6, 6.07) is 8.61. The Morgan fingerprint density at radius 1 is 1.14 bits per heavy atom. The standard InChI is InChI=1S/C17H21N3O/c1-12-5-4-6-13(11-12)16(9-10-16)15-19-14(20-21-15)17(18)7-2-3-8-17/h4-6,11H,2-3,7-10,18H2,1H3. The van der Waals surface area contributed by atoms with Gasteiger partial charge in [-0.3, -0.25) is 0 Å². The third kappa shape index (κ3) is 2.01. The number of hydrogen-bond donors (Lipinski definition) is 1. The Kier molecular flexibility index (Phi) is 2.73. The molecule has 0 bridgehead atoms.